The van der Waals surface area contributed by atoms with Gasteiger partial charge in [0.1, 0.15) is 6.17 Å². The van der Waals surface area contributed by atoms with Gasteiger partial charge in [0, 0.05) is 25.5 Å². The Hall–Kier alpha value is -0.660. The quantitative estimate of drug-likeness (QED) is 0.0606. The van der Waals surface area contributed by atoms with Crippen molar-refractivity contribution >= 4 is 0 Å². The van der Waals surface area contributed by atoms with Crippen LogP contribution >= 0.6 is 0 Å². The Bertz CT molecular complexity index is 615. The fraction of sp³-hybridized carbons (Fsp3) is 0.956. The molecule has 0 N–H and O–H groups in total. The molecule has 0 spiro atoms. The molecule has 2 nitrogen and oxygen atoms in total. The van der Waals surface area contributed by atoms with E-state index in [1.54, 1.807) is 0 Å². The molecule has 0 saturated heterocycles. The van der Waals surface area contributed by atoms with Gasteiger partial charge in [-0.3, -0.25) is 0 Å². The SMILES string of the molecule is CCCCCCCCCCCCCCCCCN1C=CN(CCCCCCCCCC)C1CCCCCCCCCCCCCCC. The van der Waals surface area contributed by atoms with Crippen molar-refractivity contribution < 1.29 is 0 Å². The van der Waals surface area contributed by atoms with Crippen LogP contribution in [0.2, 0.25) is 0 Å². The molecule has 0 aliphatic carbocycles. The van der Waals surface area contributed by atoms with Crippen LogP contribution in [-0.4, -0.2) is 29.1 Å². The van der Waals surface area contributed by atoms with Crippen LogP contribution in [-0.2, 0) is 0 Å². The lowest BCUT2D eigenvalue weighted by molar-refractivity contribution is 0.135. The van der Waals surface area contributed by atoms with Crippen molar-refractivity contribution in [3.63, 3.8) is 0 Å². The van der Waals surface area contributed by atoms with Gasteiger partial charge in [0.05, 0.1) is 0 Å². The minimum atomic E-state index is 0.638. The van der Waals surface area contributed by atoms with Gasteiger partial charge in [-0.1, -0.05) is 233 Å². The van der Waals surface area contributed by atoms with E-state index in [2.05, 4.69) is 43.0 Å². The zero-order valence-electron chi connectivity index (χ0n) is 33.2. The van der Waals surface area contributed by atoms with Crippen molar-refractivity contribution in [1.82, 2.24) is 9.80 Å². The summed E-state index contributed by atoms with van der Waals surface area (Å²) in [4.78, 5) is 5.45. The maximum absolute atomic E-state index is 2.73. The minimum Gasteiger partial charge on any atom is -0.356 e. The predicted molar refractivity (Wildman–Crippen MR) is 214 cm³/mol. The first-order valence-electron chi connectivity index (χ1n) is 22.5. The number of rotatable bonds is 39. The van der Waals surface area contributed by atoms with Crippen molar-refractivity contribution in [3.05, 3.63) is 12.4 Å². The molecule has 0 aromatic rings. The average Bonchev–Trinajstić information content (AvgIpc) is 3.47. The van der Waals surface area contributed by atoms with Gasteiger partial charge < -0.3 is 9.80 Å². The molecule has 2 heteroatoms. The fourth-order valence-electron chi connectivity index (χ4n) is 7.78. The normalized spacial score (nSPS) is 14.7. The molecule has 1 atom stereocenters. The summed E-state index contributed by atoms with van der Waals surface area (Å²) in [6, 6.07) is 0. The van der Waals surface area contributed by atoms with Gasteiger partial charge in [-0.05, 0) is 25.7 Å². The molecule has 1 aliphatic rings. The van der Waals surface area contributed by atoms with Gasteiger partial charge in [0.25, 0.3) is 0 Å². The maximum atomic E-state index is 2.73. The summed E-state index contributed by atoms with van der Waals surface area (Å²) in [5.74, 6) is 0. The predicted octanol–water partition coefficient (Wildman–Crippen LogP) is 15.9. The molecule has 0 saturated carbocycles. The highest BCUT2D eigenvalue weighted by atomic mass is 15.4. The zero-order chi connectivity index (χ0) is 33.7. The van der Waals surface area contributed by atoms with Gasteiger partial charge in [0.15, 0.2) is 0 Å². The molecule has 280 valence electrons. The van der Waals surface area contributed by atoms with E-state index in [9.17, 15) is 0 Å². The molecule has 0 bridgehead atoms. The number of hydrogen-bond acceptors (Lipinski definition) is 2. The minimum absolute atomic E-state index is 0.638. The first-order valence-corrected chi connectivity index (χ1v) is 22.5. The van der Waals surface area contributed by atoms with Crippen LogP contribution < -0.4 is 0 Å². The molecule has 0 aromatic carbocycles. The first kappa shape index (κ1) is 44.4. The summed E-state index contributed by atoms with van der Waals surface area (Å²) in [5, 5.41) is 0. The lowest BCUT2D eigenvalue weighted by Crippen LogP contribution is -2.39. The molecule has 0 fully saturated rings. The monoisotopic (exact) mass is 659 g/mol. The average molecular weight is 659 g/mol. The third-order valence-electron chi connectivity index (χ3n) is 11.1. The van der Waals surface area contributed by atoms with E-state index >= 15 is 0 Å². The van der Waals surface area contributed by atoms with Crippen molar-refractivity contribution in [2.24, 2.45) is 0 Å². The van der Waals surface area contributed by atoms with Crippen LogP contribution in [0, 0.1) is 0 Å². The second-order valence-corrected chi connectivity index (χ2v) is 15.7. The van der Waals surface area contributed by atoms with E-state index in [-0.39, 0.29) is 0 Å². The van der Waals surface area contributed by atoms with Crippen molar-refractivity contribution in [2.75, 3.05) is 13.1 Å². The summed E-state index contributed by atoms with van der Waals surface area (Å²) in [7, 11) is 0. The second-order valence-electron chi connectivity index (χ2n) is 15.7. The van der Waals surface area contributed by atoms with Crippen molar-refractivity contribution in [3.8, 4) is 0 Å². The Morgan fingerprint density at radius 3 is 0.745 bits per heavy atom. The van der Waals surface area contributed by atoms with Gasteiger partial charge in [-0.2, -0.15) is 0 Å². The van der Waals surface area contributed by atoms with E-state index in [1.807, 2.05) is 0 Å². The topological polar surface area (TPSA) is 6.48 Å². The van der Waals surface area contributed by atoms with Crippen LogP contribution in [0.15, 0.2) is 12.4 Å². The third kappa shape index (κ3) is 28.8. The Morgan fingerprint density at radius 1 is 0.277 bits per heavy atom. The van der Waals surface area contributed by atoms with Crippen LogP contribution in [0.25, 0.3) is 0 Å². The highest BCUT2D eigenvalue weighted by Gasteiger charge is 2.24. The number of unbranched alkanes of at least 4 members (excludes halogenated alkanes) is 33. The lowest BCUT2D eigenvalue weighted by atomic mass is 10.0. The van der Waals surface area contributed by atoms with Crippen molar-refractivity contribution in [2.45, 2.75) is 265 Å². The highest BCUT2D eigenvalue weighted by Crippen LogP contribution is 2.24. The molecule has 1 rings (SSSR count). The molecule has 1 heterocycles. The van der Waals surface area contributed by atoms with Gasteiger partial charge >= 0.3 is 0 Å². The van der Waals surface area contributed by atoms with Crippen LogP contribution in [0.3, 0.4) is 0 Å². The molecule has 0 radical (unpaired) electrons. The fourth-order valence-corrected chi connectivity index (χ4v) is 7.78. The maximum Gasteiger partial charge on any atom is 0.101 e. The Labute approximate surface area is 299 Å². The van der Waals surface area contributed by atoms with Crippen LogP contribution in [0.1, 0.15) is 258 Å². The van der Waals surface area contributed by atoms with Crippen LogP contribution in [0.4, 0.5) is 0 Å². The van der Waals surface area contributed by atoms with E-state index in [0.717, 1.165) is 0 Å². The summed E-state index contributed by atoms with van der Waals surface area (Å²) < 4.78 is 0. The standard InChI is InChI=1S/C45H90N2/c1-4-7-10-13-16-19-21-23-24-26-28-30-33-36-39-42-47-44-43-46(41-38-35-32-18-15-12-9-6-3)45(47)40-37-34-31-29-27-25-22-20-17-14-11-8-5-2/h43-45H,4-42H2,1-3H3. The smallest absolute Gasteiger partial charge is 0.101 e. The Balaban J connectivity index is 2.18. The second kappa shape index (κ2) is 36.6. The van der Waals surface area contributed by atoms with Gasteiger partial charge in [-0.15, -0.1) is 0 Å². The third-order valence-corrected chi connectivity index (χ3v) is 11.1. The molecule has 0 aromatic heterocycles. The highest BCUT2D eigenvalue weighted by molar-refractivity contribution is 4.97. The molecule has 1 aliphatic heterocycles. The van der Waals surface area contributed by atoms with Crippen molar-refractivity contribution in [1.29, 1.82) is 0 Å². The van der Waals surface area contributed by atoms with E-state index in [4.69, 9.17) is 0 Å². The summed E-state index contributed by atoms with van der Waals surface area (Å²) in [6.07, 6.45) is 58.9. The lowest BCUT2D eigenvalue weighted by Gasteiger charge is -2.33. The number of nitrogens with zero attached hydrogens (tertiary/aromatic N) is 2. The first-order chi connectivity index (χ1) is 23.3. The molecule has 0 amide bonds. The molecular weight excluding hydrogens is 569 g/mol. The number of hydrogen-bond donors (Lipinski definition) is 0. The Kier molecular flexibility index (Phi) is 34.6. The summed E-state index contributed by atoms with van der Waals surface area (Å²) in [6.45, 7) is 9.49. The van der Waals surface area contributed by atoms with E-state index in [1.165, 1.54) is 251 Å². The van der Waals surface area contributed by atoms with E-state index < -0.39 is 0 Å². The molecular formula is C45H90N2. The largest absolute Gasteiger partial charge is 0.356 e. The van der Waals surface area contributed by atoms with E-state index in [0.29, 0.717) is 6.17 Å². The zero-order valence-corrected chi connectivity index (χ0v) is 33.2. The summed E-state index contributed by atoms with van der Waals surface area (Å²) >= 11 is 0. The molecule has 1 unspecified atom stereocenters. The molecule has 47 heavy (non-hydrogen) atoms. The van der Waals surface area contributed by atoms with Crippen LogP contribution in [0.5, 0.6) is 0 Å². The van der Waals surface area contributed by atoms with Gasteiger partial charge in [0.2, 0.25) is 0 Å². The summed E-state index contributed by atoms with van der Waals surface area (Å²) in [5.41, 5.74) is 0. The Morgan fingerprint density at radius 2 is 0.489 bits per heavy atom. The van der Waals surface area contributed by atoms with Gasteiger partial charge in [-0.25, -0.2) is 0 Å².